The molecular weight excluding hydrogens is 320 g/mol. The summed E-state index contributed by atoms with van der Waals surface area (Å²) in [6.45, 7) is 1.73. The maximum atomic E-state index is 11.5. The van der Waals surface area contributed by atoms with E-state index >= 15 is 0 Å². The number of phenols is 1. The van der Waals surface area contributed by atoms with Crippen molar-refractivity contribution >= 4 is 23.6 Å². The Morgan fingerprint density at radius 3 is 2.52 bits per heavy atom. The summed E-state index contributed by atoms with van der Waals surface area (Å²) in [5.74, 6) is 1.20. The zero-order valence-corrected chi connectivity index (χ0v) is 13.5. The minimum absolute atomic E-state index is 0.105. The number of carbonyl (C=O) groups is 2. The van der Waals surface area contributed by atoms with E-state index in [0.29, 0.717) is 17.7 Å². The number of azo groups is 1. The minimum atomic E-state index is -0.574. The predicted molar refractivity (Wildman–Crippen MR) is 91.9 cm³/mol. The molecule has 1 unspecified atom stereocenters. The molecule has 1 N–H and O–H groups in total. The highest BCUT2D eigenvalue weighted by atomic mass is 16.5. The third-order valence-corrected chi connectivity index (χ3v) is 3.34. The number of carbonyl (C=O) groups excluding carboxylic acids is 2. The van der Waals surface area contributed by atoms with Crippen LogP contribution >= 0.6 is 0 Å². The summed E-state index contributed by atoms with van der Waals surface area (Å²) in [5, 5.41) is 17.5. The Morgan fingerprint density at radius 1 is 1.24 bits per heavy atom. The van der Waals surface area contributed by atoms with Crippen LogP contribution in [0.25, 0.3) is 0 Å². The van der Waals surface area contributed by atoms with Crippen LogP contribution in [-0.4, -0.2) is 17.4 Å². The Labute approximate surface area is 145 Å². The van der Waals surface area contributed by atoms with E-state index in [1.54, 1.807) is 37.3 Å². The first-order valence-electron chi connectivity index (χ1n) is 7.45. The van der Waals surface area contributed by atoms with E-state index in [1.165, 1.54) is 12.1 Å². The van der Waals surface area contributed by atoms with Gasteiger partial charge in [0, 0.05) is 0 Å². The summed E-state index contributed by atoms with van der Waals surface area (Å²) in [5.41, 5.74) is 1.98. The fraction of sp³-hybridized carbons (Fsp3) is 0.158. The first-order chi connectivity index (χ1) is 12.0. The van der Waals surface area contributed by atoms with Gasteiger partial charge in [-0.15, -0.1) is 6.42 Å². The van der Waals surface area contributed by atoms with Gasteiger partial charge in [0.15, 0.2) is 6.29 Å². The van der Waals surface area contributed by atoms with Crippen molar-refractivity contribution in [1.29, 1.82) is 0 Å². The largest absolute Gasteiger partial charge is 0.507 e. The monoisotopic (exact) mass is 336 g/mol. The zero-order chi connectivity index (χ0) is 18.2. The molecule has 2 aromatic rings. The molecule has 126 valence electrons. The molecule has 0 aromatic heterocycles. The summed E-state index contributed by atoms with van der Waals surface area (Å²) < 4.78 is 5.09. The number of terminal acetylenes is 1. The van der Waals surface area contributed by atoms with Crippen molar-refractivity contribution in [2.45, 2.75) is 13.5 Å². The number of phenolic OH excluding ortho intramolecular Hbond substituents is 1. The topological polar surface area (TPSA) is 88.3 Å². The highest BCUT2D eigenvalue weighted by molar-refractivity contribution is 5.80. The average molecular weight is 336 g/mol. The van der Waals surface area contributed by atoms with Gasteiger partial charge < -0.3 is 9.84 Å². The number of ether oxygens (including phenoxy) is 1. The Balaban J connectivity index is 1.99. The van der Waals surface area contributed by atoms with Crippen LogP contribution in [0, 0.1) is 18.3 Å². The molecule has 6 nitrogen and oxygen atoms in total. The van der Waals surface area contributed by atoms with Crippen molar-refractivity contribution in [3.05, 3.63) is 53.6 Å². The summed E-state index contributed by atoms with van der Waals surface area (Å²) in [7, 11) is 0. The van der Waals surface area contributed by atoms with Crippen LogP contribution in [0.15, 0.2) is 52.7 Å². The highest BCUT2D eigenvalue weighted by Gasteiger charge is 2.10. The highest BCUT2D eigenvalue weighted by Crippen LogP contribution is 2.24. The standard InChI is InChI=1S/C19H16N2O4/c1-3-13(2)19(24)25-12-14-4-6-16(7-5-14)20-21-17-8-9-18(23)15(10-17)11-22/h1,4-11,13,23H,12H2,2H3. The number of nitrogens with zero attached hydrogens (tertiary/aromatic N) is 2. The summed E-state index contributed by atoms with van der Waals surface area (Å²) in [6, 6.07) is 11.3. The SMILES string of the molecule is C#CC(C)C(=O)OCc1ccc(N=Nc2ccc(O)c(C=O)c2)cc1. The molecule has 25 heavy (non-hydrogen) atoms. The fourth-order valence-corrected chi connectivity index (χ4v) is 1.82. The Morgan fingerprint density at radius 2 is 1.88 bits per heavy atom. The van der Waals surface area contributed by atoms with Crippen LogP contribution in [-0.2, 0) is 16.1 Å². The maximum Gasteiger partial charge on any atom is 0.321 e. The molecule has 0 aliphatic carbocycles. The van der Waals surface area contributed by atoms with E-state index in [4.69, 9.17) is 11.2 Å². The quantitative estimate of drug-likeness (QED) is 0.374. The molecule has 0 saturated heterocycles. The molecule has 2 rings (SSSR count). The number of aromatic hydroxyl groups is 1. The smallest absolute Gasteiger partial charge is 0.321 e. The molecule has 0 heterocycles. The van der Waals surface area contributed by atoms with Crippen LogP contribution in [0.1, 0.15) is 22.8 Å². The van der Waals surface area contributed by atoms with Crippen molar-refractivity contribution in [3.8, 4) is 18.1 Å². The van der Waals surface area contributed by atoms with Gasteiger partial charge >= 0.3 is 5.97 Å². The van der Waals surface area contributed by atoms with Crippen LogP contribution in [0.2, 0.25) is 0 Å². The van der Waals surface area contributed by atoms with Crippen LogP contribution in [0.5, 0.6) is 5.75 Å². The third-order valence-electron chi connectivity index (χ3n) is 3.34. The number of hydrogen-bond acceptors (Lipinski definition) is 6. The zero-order valence-electron chi connectivity index (χ0n) is 13.5. The lowest BCUT2D eigenvalue weighted by atomic mass is 10.2. The molecular formula is C19H16N2O4. The van der Waals surface area contributed by atoms with E-state index in [1.807, 2.05) is 0 Å². The van der Waals surface area contributed by atoms with Crippen molar-refractivity contribution in [1.82, 2.24) is 0 Å². The summed E-state index contributed by atoms with van der Waals surface area (Å²) >= 11 is 0. The number of hydrogen-bond donors (Lipinski definition) is 1. The second-order valence-corrected chi connectivity index (χ2v) is 5.22. The lowest BCUT2D eigenvalue weighted by molar-refractivity contribution is -0.147. The van der Waals surface area contributed by atoms with Crippen molar-refractivity contribution in [2.75, 3.05) is 0 Å². The van der Waals surface area contributed by atoms with Crippen molar-refractivity contribution in [2.24, 2.45) is 16.1 Å². The lowest BCUT2D eigenvalue weighted by Gasteiger charge is -2.06. The van der Waals surface area contributed by atoms with Crippen molar-refractivity contribution in [3.63, 3.8) is 0 Å². The van der Waals surface area contributed by atoms with Crippen LogP contribution in [0.4, 0.5) is 11.4 Å². The normalized spacial score (nSPS) is 11.7. The van der Waals surface area contributed by atoms with Gasteiger partial charge in [0.1, 0.15) is 18.3 Å². The van der Waals surface area contributed by atoms with Gasteiger partial charge in [-0.3, -0.25) is 9.59 Å². The second kappa shape index (κ2) is 8.41. The minimum Gasteiger partial charge on any atom is -0.507 e. The summed E-state index contributed by atoms with van der Waals surface area (Å²) in [6.07, 6.45) is 5.71. The van der Waals surface area contributed by atoms with E-state index < -0.39 is 11.9 Å². The van der Waals surface area contributed by atoms with E-state index in [2.05, 4.69) is 16.1 Å². The molecule has 0 bridgehead atoms. The van der Waals surface area contributed by atoms with Gasteiger partial charge in [-0.1, -0.05) is 18.1 Å². The number of rotatable bonds is 6. The second-order valence-electron chi connectivity index (χ2n) is 5.22. The molecule has 2 aromatic carbocycles. The molecule has 0 aliphatic rings. The number of benzene rings is 2. The van der Waals surface area contributed by atoms with Crippen molar-refractivity contribution < 1.29 is 19.4 Å². The third kappa shape index (κ3) is 5.01. The van der Waals surface area contributed by atoms with E-state index in [9.17, 15) is 14.7 Å². The molecule has 0 aliphatic heterocycles. The molecule has 0 radical (unpaired) electrons. The predicted octanol–water partition coefficient (Wildman–Crippen LogP) is 3.93. The van der Waals surface area contributed by atoms with Gasteiger partial charge in [-0.05, 0) is 42.8 Å². The Kier molecular flexibility index (Phi) is 6.02. The maximum absolute atomic E-state index is 11.5. The number of aldehydes is 1. The first-order valence-corrected chi connectivity index (χ1v) is 7.45. The van der Waals surface area contributed by atoms with Gasteiger partial charge in [0.2, 0.25) is 0 Å². The van der Waals surface area contributed by atoms with Gasteiger partial charge in [-0.25, -0.2) is 0 Å². The Hall–Kier alpha value is -3.46. The Bertz CT molecular complexity index is 835. The first kappa shape index (κ1) is 17.9. The van der Waals surface area contributed by atoms with Crippen LogP contribution in [0.3, 0.4) is 0 Å². The molecule has 0 fully saturated rings. The van der Waals surface area contributed by atoms with Crippen LogP contribution < -0.4 is 0 Å². The summed E-state index contributed by atoms with van der Waals surface area (Å²) in [4.78, 5) is 22.3. The average Bonchev–Trinajstić information content (AvgIpc) is 2.65. The van der Waals surface area contributed by atoms with E-state index in [-0.39, 0.29) is 17.9 Å². The molecule has 0 saturated carbocycles. The van der Waals surface area contributed by atoms with Gasteiger partial charge in [-0.2, -0.15) is 10.2 Å². The number of esters is 1. The molecule has 0 spiro atoms. The lowest BCUT2D eigenvalue weighted by Crippen LogP contribution is -2.12. The van der Waals surface area contributed by atoms with E-state index in [0.717, 1.165) is 5.56 Å². The molecule has 0 amide bonds. The fourth-order valence-electron chi connectivity index (χ4n) is 1.82. The van der Waals surface area contributed by atoms with Gasteiger partial charge in [0.25, 0.3) is 0 Å². The molecule has 1 atom stereocenters. The van der Waals surface area contributed by atoms with Gasteiger partial charge in [0.05, 0.1) is 16.9 Å². The molecule has 6 heteroatoms.